The molecule has 0 fully saturated rings. The van der Waals surface area contributed by atoms with Crippen molar-refractivity contribution in [3.05, 3.63) is 60.8 Å². The molecular weight excluding hydrogens is 852 g/mol. The molecule has 0 aliphatic carbocycles. The maximum Gasteiger partial charge on any atom is 0.472 e. The molecule has 3 N–H and O–H groups in total. The number of rotatable bonds is 50. The van der Waals surface area contributed by atoms with Crippen molar-refractivity contribution in [2.24, 2.45) is 0 Å². The van der Waals surface area contributed by atoms with Gasteiger partial charge < -0.3 is 24.6 Å². The van der Waals surface area contributed by atoms with Crippen LogP contribution in [-0.4, -0.2) is 65.7 Å². The van der Waals surface area contributed by atoms with Crippen molar-refractivity contribution in [3.63, 3.8) is 0 Å². The molecule has 0 aliphatic rings. The maximum absolute atomic E-state index is 12.7. The summed E-state index contributed by atoms with van der Waals surface area (Å²) in [6.07, 6.45) is 59.1. The zero-order valence-corrected chi connectivity index (χ0v) is 43.0. The first kappa shape index (κ1) is 63.7. The highest BCUT2D eigenvalue weighted by atomic mass is 31.2. The quantitative estimate of drug-likeness (QED) is 0.0233. The molecule has 3 unspecified atom stereocenters. The second kappa shape index (κ2) is 50.5. The van der Waals surface area contributed by atoms with Gasteiger partial charge in [0, 0.05) is 12.8 Å². The maximum atomic E-state index is 12.7. The van der Waals surface area contributed by atoms with Crippen LogP contribution in [0.1, 0.15) is 239 Å². The minimum atomic E-state index is -4.64. The van der Waals surface area contributed by atoms with Crippen molar-refractivity contribution in [1.29, 1.82) is 0 Å². The summed E-state index contributed by atoms with van der Waals surface area (Å²) < 4.78 is 32.9. The van der Waals surface area contributed by atoms with Gasteiger partial charge in [0.25, 0.3) is 0 Å². The van der Waals surface area contributed by atoms with Crippen molar-refractivity contribution in [3.8, 4) is 0 Å². The molecule has 0 saturated carbocycles. The molecule has 0 aromatic carbocycles. The van der Waals surface area contributed by atoms with Crippen molar-refractivity contribution in [2.45, 2.75) is 251 Å². The van der Waals surface area contributed by atoms with Crippen molar-refractivity contribution in [1.82, 2.24) is 0 Å². The first-order valence-corrected chi connectivity index (χ1v) is 28.2. The molecule has 0 amide bonds. The molecule has 0 spiro atoms. The molecule has 0 rings (SSSR count). The number of aliphatic hydroxyl groups is 2. The van der Waals surface area contributed by atoms with Crippen LogP contribution in [-0.2, 0) is 32.7 Å². The second-order valence-electron chi connectivity index (χ2n) is 17.9. The van der Waals surface area contributed by atoms with E-state index < -0.39 is 51.8 Å². The second-order valence-corrected chi connectivity index (χ2v) is 19.3. The molecule has 0 saturated heterocycles. The summed E-state index contributed by atoms with van der Waals surface area (Å²) in [6.45, 7) is 2.27. The van der Waals surface area contributed by atoms with E-state index in [1.807, 2.05) is 0 Å². The SMILES string of the molecule is CC/C=C\C/C=C\C/C=C\C/C=C\C/C=C\CCCCCC(=O)OC(COC(=O)CCCCCCCCCCCCCCCCCCCCCCCCCC)COP(=O)(O)OCC(O)CO. The highest BCUT2D eigenvalue weighted by molar-refractivity contribution is 7.47. The zero-order chi connectivity index (χ0) is 48.3. The molecule has 11 heteroatoms. The van der Waals surface area contributed by atoms with E-state index in [1.54, 1.807) is 0 Å². The molecule has 0 aromatic rings. The summed E-state index contributed by atoms with van der Waals surface area (Å²) in [4.78, 5) is 35.2. The van der Waals surface area contributed by atoms with Crippen LogP contribution in [0.2, 0.25) is 0 Å². The van der Waals surface area contributed by atoms with E-state index in [4.69, 9.17) is 23.6 Å². The Hall–Kier alpha value is -2.33. The largest absolute Gasteiger partial charge is 0.472 e. The lowest BCUT2D eigenvalue weighted by Crippen LogP contribution is -2.29. The molecule has 0 aliphatic heterocycles. The molecule has 0 heterocycles. The summed E-state index contributed by atoms with van der Waals surface area (Å²) in [7, 11) is -4.64. The van der Waals surface area contributed by atoms with Gasteiger partial charge in [-0.25, -0.2) is 4.57 Å². The van der Waals surface area contributed by atoms with Gasteiger partial charge in [-0.2, -0.15) is 0 Å². The van der Waals surface area contributed by atoms with E-state index in [0.717, 1.165) is 70.6 Å². The summed E-state index contributed by atoms with van der Waals surface area (Å²) >= 11 is 0. The van der Waals surface area contributed by atoms with Gasteiger partial charge in [-0.3, -0.25) is 18.6 Å². The van der Waals surface area contributed by atoms with Crippen LogP contribution in [0.5, 0.6) is 0 Å². The van der Waals surface area contributed by atoms with E-state index in [9.17, 15) is 24.2 Å². The molecule has 0 aromatic heterocycles. The lowest BCUT2D eigenvalue weighted by molar-refractivity contribution is -0.161. The Kier molecular flexibility index (Phi) is 48.8. The summed E-state index contributed by atoms with van der Waals surface area (Å²) in [5.74, 6) is -0.955. The van der Waals surface area contributed by atoms with E-state index in [2.05, 4.69) is 74.6 Å². The normalized spacial score (nSPS) is 14.1. The minimum absolute atomic E-state index is 0.144. The fraction of sp³-hybridized carbons (Fsp3) is 0.782. The van der Waals surface area contributed by atoms with Gasteiger partial charge in [-0.1, -0.05) is 229 Å². The lowest BCUT2D eigenvalue weighted by atomic mass is 10.0. The molecule has 0 radical (unpaired) electrons. The summed E-state index contributed by atoms with van der Waals surface area (Å²) in [5, 5.41) is 18.4. The number of hydrogen-bond acceptors (Lipinski definition) is 9. The van der Waals surface area contributed by atoms with Crippen LogP contribution in [0, 0.1) is 0 Å². The van der Waals surface area contributed by atoms with Crippen LogP contribution in [0.4, 0.5) is 0 Å². The van der Waals surface area contributed by atoms with Crippen LogP contribution in [0.15, 0.2) is 60.8 Å². The van der Waals surface area contributed by atoms with Gasteiger partial charge in [0.2, 0.25) is 0 Å². The van der Waals surface area contributed by atoms with Crippen molar-refractivity contribution < 1.29 is 47.8 Å². The Morgan fingerprint density at radius 1 is 0.470 bits per heavy atom. The summed E-state index contributed by atoms with van der Waals surface area (Å²) in [5.41, 5.74) is 0. The Balaban J connectivity index is 4.16. The molecular formula is C55H99O10P. The number of ether oxygens (including phenoxy) is 2. The first-order chi connectivity index (χ1) is 32.2. The smallest absolute Gasteiger partial charge is 0.462 e. The fourth-order valence-electron chi connectivity index (χ4n) is 7.38. The number of allylic oxidation sites excluding steroid dienone is 10. The topological polar surface area (TPSA) is 149 Å². The molecule has 10 nitrogen and oxygen atoms in total. The molecule has 0 bridgehead atoms. The Morgan fingerprint density at radius 3 is 1.26 bits per heavy atom. The van der Waals surface area contributed by atoms with E-state index in [1.165, 1.54) is 128 Å². The Bertz CT molecular complexity index is 1280. The summed E-state index contributed by atoms with van der Waals surface area (Å²) in [6, 6.07) is 0. The molecule has 384 valence electrons. The zero-order valence-electron chi connectivity index (χ0n) is 42.2. The Labute approximate surface area is 404 Å². The predicted octanol–water partition coefficient (Wildman–Crippen LogP) is 15.4. The average Bonchev–Trinajstić information content (AvgIpc) is 3.31. The van der Waals surface area contributed by atoms with E-state index >= 15 is 0 Å². The monoisotopic (exact) mass is 951 g/mol. The van der Waals surface area contributed by atoms with Crippen LogP contribution in [0.3, 0.4) is 0 Å². The predicted molar refractivity (Wildman–Crippen MR) is 274 cm³/mol. The van der Waals surface area contributed by atoms with Crippen LogP contribution >= 0.6 is 7.82 Å². The number of aliphatic hydroxyl groups excluding tert-OH is 2. The van der Waals surface area contributed by atoms with E-state index in [-0.39, 0.29) is 19.4 Å². The average molecular weight is 951 g/mol. The number of esters is 2. The number of phosphoric ester groups is 1. The lowest BCUT2D eigenvalue weighted by Gasteiger charge is -2.20. The number of phosphoric acid groups is 1. The molecule has 66 heavy (non-hydrogen) atoms. The van der Waals surface area contributed by atoms with Gasteiger partial charge in [0.15, 0.2) is 6.10 Å². The number of hydrogen-bond donors (Lipinski definition) is 3. The van der Waals surface area contributed by atoms with Gasteiger partial charge in [-0.15, -0.1) is 0 Å². The fourth-order valence-corrected chi connectivity index (χ4v) is 8.16. The Morgan fingerprint density at radius 2 is 0.833 bits per heavy atom. The first-order valence-electron chi connectivity index (χ1n) is 26.7. The third kappa shape index (κ3) is 49.6. The minimum Gasteiger partial charge on any atom is -0.462 e. The van der Waals surface area contributed by atoms with Crippen LogP contribution in [0.25, 0.3) is 0 Å². The third-order valence-electron chi connectivity index (χ3n) is 11.4. The highest BCUT2D eigenvalue weighted by Gasteiger charge is 2.27. The van der Waals surface area contributed by atoms with Crippen molar-refractivity contribution in [2.75, 3.05) is 26.4 Å². The van der Waals surface area contributed by atoms with Gasteiger partial charge >= 0.3 is 19.8 Å². The third-order valence-corrected chi connectivity index (χ3v) is 12.4. The number of unbranched alkanes of at least 4 members (excludes halogenated alkanes) is 26. The number of carbonyl (C=O) groups is 2. The van der Waals surface area contributed by atoms with E-state index in [0.29, 0.717) is 12.8 Å². The van der Waals surface area contributed by atoms with Gasteiger partial charge in [-0.05, 0) is 57.8 Å². The number of carbonyl (C=O) groups excluding carboxylic acids is 2. The van der Waals surface area contributed by atoms with Gasteiger partial charge in [0.05, 0.1) is 19.8 Å². The standard InChI is InChI=1S/C55H99O10P/c1-3-5-7-9-11-13-15-17-19-21-23-24-25-26-27-29-30-32-34-36-38-40-42-44-46-54(58)62-50-53(51-64-66(60,61)63-49-52(57)48-56)65-55(59)47-45-43-41-39-37-35-33-31-28-22-20-18-16-14-12-10-8-6-4-2/h6,8,12,14,18,20,28,31,35,37,52-53,56-57H,3-5,7,9-11,13,15-17,19,21-27,29-30,32-34,36,38-51H2,1-2H3,(H,60,61)/b8-6-,14-12-,20-18-,31-28-,37-35-. The van der Waals surface area contributed by atoms with Crippen molar-refractivity contribution >= 4 is 19.8 Å². The highest BCUT2D eigenvalue weighted by Crippen LogP contribution is 2.43. The molecule has 3 atom stereocenters. The van der Waals surface area contributed by atoms with Gasteiger partial charge in [0.1, 0.15) is 12.7 Å². The van der Waals surface area contributed by atoms with Crippen LogP contribution < -0.4 is 0 Å².